The minimum atomic E-state index is -3.81. The lowest BCUT2D eigenvalue weighted by atomic mass is 10.1. The number of nitrogen functional groups attached to an aromatic ring is 1. The molecule has 4 N–H and O–H groups in total. The third kappa shape index (κ3) is 16.6. The van der Waals surface area contributed by atoms with Gasteiger partial charge >= 0.3 is 7.60 Å². The largest absolute Gasteiger partial charge is 0.369 e. The Morgan fingerprint density at radius 1 is 1.02 bits per heavy atom. The third-order valence-electron chi connectivity index (χ3n) is 6.30. The molecule has 2 rings (SSSR count). The maximum absolute atomic E-state index is 12.2. The number of rotatable bonds is 22. The van der Waals surface area contributed by atoms with Crippen LogP contribution in [-0.4, -0.2) is 63.6 Å². The maximum Gasteiger partial charge on any atom is 0.353 e. The number of hydrogen-bond acceptors (Lipinski definition) is 8. The van der Waals surface area contributed by atoms with E-state index in [0.29, 0.717) is 17.9 Å². The van der Waals surface area contributed by atoms with Gasteiger partial charge in [-0.2, -0.15) is 16.7 Å². The molecule has 0 saturated heterocycles. The van der Waals surface area contributed by atoms with Gasteiger partial charge in [0.2, 0.25) is 5.95 Å². The molecule has 41 heavy (non-hydrogen) atoms. The van der Waals surface area contributed by atoms with Crippen molar-refractivity contribution in [2.24, 2.45) is 0 Å². The molecule has 0 aliphatic carbocycles. The average molecular weight is 628 g/mol. The van der Waals surface area contributed by atoms with Crippen LogP contribution >= 0.6 is 19.4 Å². The Morgan fingerprint density at radius 3 is 2.32 bits per heavy atom. The van der Waals surface area contributed by atoms with Crippen molar-refractivity contribution in [1.82, 2.24) is 19.5 Å². The number of nitrogens with two attached hydrogens (primary N) is 1. The molecule has 13 heteroatoms. The summed E-state index contributed by atoms with van der Waals surface area (Å²) >= 11 is 1.75. The summed E-state index contributed by atoms with van der Waals surface area (Å²) in [5.74, 6) is 5.08. The Labute approximate surface area is 250 Å². The highest BCUT2D eigenvalue weighted by Gasteiger charge is 2.19. The fraction of sp³-hybridized carbons (Fsp3) is 0.750. The normalized spacial score (nSPS) is 13.3. The first-order valence-electron chi connectivity index (χ1n) is 14.9. The Morgan fingerprint density at radius 2 is 1.66 bits per heavy atom. The van der Waals surface area contributed by atoms with Crippen molar-refractivity contribution in [3.63, 3.8) is 0 Å². The molecule has 2 aromatic heterocycles. The van der Waals surface area contributed by atoms with E-state index in [1.807, 2.05) is 0 Å². The number of aromatic amines is 1. The lowest BCUT2D eigenvalue weighted by Gasteiger charge is -2.12. The maximum atomic E-state index is 12.2. The van der Waals surface area contributed by atoms with Crippen LogP contribution in [0.25, 0.3) is 11.2 Å². The zero-order chi connectivity index (χ0) is 30.0. The van der Waals surface area contributed by atoms with E-state index in [0.717, 1.165) is 12.2 Å². The van der Waals surface area contributed by atoms with Crippen molar-refractivity contribution < 1.29 is 18.7 Å². The summed E-state index contributed by atoms with van der Waals surface area (Å²) in [6.07, 6.45) is 16.4. The number of anilines is 1. The number of thioether (sulfide) groups is 1. The average Bonchev–Trinajstić information content (AvgIpc) is 3.30. The van der Waals surface area contributed by atoms with Crippen LogP contribution in [0, 0.1) is 11.5 Å². The highest BCUT2D eigenvalue weighted by molar-refractivity contribution is 7.99. The molecular weight excluding hydrogens is 577 g/mol. The van der Waals surface area contributed by atoms with Crippen molar-refractivity contribution in [1.29, 1.82) is 0 Å². The van der Waals surface area contributed by atoms with E-state index in [1.54, 1.807) is 16.3 Å². The summed E-state index contributed by atoms with van der Waals surface area (Å²) < 4.78 is 24.3. The number of H-pyrrole nitrogens is 1. The first-order valence-corrected chi connectivity index (χ1v) is 21.3. The van der Waals surface area contributed by atoms with Gasteiger partial charge in [0.15, 0.2) is 11.2 Å². The molecule has 2 heterocycles. The van der Waals surface area contributed by atoms with Crippen LogP contribution in [0.15, 0.2) is 11.1 Å². The molecule has 1 unspecified atom stereocenters. The lowest BCUT2D eigenvalue weighted by Crippen LogP contribution is -2.16. The summed E-state index contributed by atoms with van der Waals surface area (Å²) in [5.41, 5.74) is 9.13. The first-order chi connectivity index (χ1) is 19.6. The molecule has 0 aromatic carbocycles. The van der Waals surface area contributed by atoms with Crippen molar-refractivity contribution in [3.8, 4) is 11.5 Å². The van der Waals surface area contributed by atoms with Crippen LogP contribution in [-0.2, 0) is 20.4 Å². The molecule has 0 bridgehead atoms. The predicted molar refractivity (Wildman–Crippen MR) is 173 cm³/mol. The summed E-state index contributed by atoms with van der Waals surface area (Å²) in [7, 11) is -5.01. The number of ether oxygens (including phenoxy) is 1. The molecule has 0 radical (unpaired) electrons. The van der Waals surface area contributed by atoms with Crippen LogP contribution in [0.1, 0.15) is 77.0 Å². The minimum Gasteiger partial charge on any atom is -0.369 e. The second kappa shape index (κ2) is 19.6. The zero-order valence-electron chi connectivity index (χ0n) is 25.2. The molecule has 0 aliphatic heterocycles. The van der Waals surface area contributed by atoms with Crippen molar-refractivity contribution in [3.05, 3.63) is 16.7 Å². The van der Waals surface area contributed by atoms with Crippen LogP contribution in [0.2, 0.25) is 19.6 Å². The van der Waals surface area contributed by atoms with Gasteiger partial charge in [-0.05, 0) is 18.6 Å². The van der Waals surface area contributed by atoms with E-state index >= 15 is 0 Å². The number of unbranched alkanes of at least 4 members (excludes halogenated alkanes) is 11. The predicted octanol–water partition coefficient (Wildman–Crippen LogP) is 6.17. The van der Waals surface area contributed by atoms with Crippen LogP contribution < -0.4 is 11.3 Å². The molecule has 232 valence electrons. The number of nitrogens with one attached hydrogen (secondary N) is 1. The number of aromatic nitrogens is 4. The van der Waals surface area contributed by atoms with Gasteiger partial charge in [-0.25, -0.2) is 4.98 Å². The Hall–Kier alpha value is -1.61. The topological polar surface area (TPSA) is 145 Å². The van der Waals surface area contributed by atoms with Crippen LogP contribution in [0.5, 0.6) is 0 Å². The van der Waals surface area contributed by atoms with E-state index in [1.165, 1.54) is 77.0 Å². The highest BCUT2D eigenvalue weighted by Crippen LogP contribution is 2.41. The molecule has 10 nitrogen and oxygen atoms in total. The zero-order valence-corrected chi connectivity index (χ0v) is 27.9. The summed E-state index contributed by atoms with van der Waals surface area (Å²) in [4.78, 5) is 32.3. The SMILES string of the molecule is C[Si](C)(C)C#CCCCCCCCCCCCCCSCCOP(=O)(O)COCCn1cnc2c(=O)[nH]c(N)nc21. The van der Waals surface area contributed by atoms with E-state index < -0.39 is 27.6 Å². The van der Waals surface area contributed by atoms with Crippen molar-refractivity contribution in [2.75, 3.05) is 36.8 Å². The number of imidazole rings is 1. The minimum absolute atomic E-state index is 0.00161. The Bertz CT molecular complexity index is 1190. The molecule has 2 aromatic rings. The molecule has 0 saturated carbocycles. The van der Waals surface area contributed by atoms with Gasteiger partial charge in [0.05, 0.1) is 19.5 Å². The second-order valence-electron chi connectivity index (χ2n) is 11.4. The standard InChI is InChI=1S/C28H50N5O5PSSi/c1-41(2,3)22-16-14-12-10-8-6-4-5-7-9-11-13-15-20-40-21-19-38-39(35,36)24-37-18-17-33-23-30-25-26(33)31-28(29)32-27(25)34/h23H,4-15,17-21,24H2,1-3H3,(H,35,36)(H3,29,31,32,34). The van der Waals surface area contributed by atoms with Gasteiger partial charge < -0.3 is 24.5 Å². The number of hydrogen-bond donors (Lipinski definition) is 3. The van der Waals surface area contributed by atoms with Gasteiger partial charge in [0.1, 0.15) is 14.4 Å². The van der Waals surface area contributed by atoms with E-state index in [4.69, 9.17) is 15.0 Å². The van der Waals surface area contributed by atoms with Gasteiger partial charge in [0, 0.05) is 18.7 Å². The van der Waals surface area contributed by atoms with Crippen molar-refractivity contribution >= 4 is 44.5 Å². The molecular formula is C28H50N5O5PSSi. The molecule has 0 aliphatic rings. The first kappa shape index (κ1) is 35.6. The summed E-state index contributed by atoms with van der Waals surface area (Å²) in [5, 5.41) is 0. The molecule has 0 fully saturated rings. The van der Waals surface area contributed by atoms with Gasteiger partial charge in [-0.1, -0.05) is 77.4 Å². The summed E-state index contributed by atoms with van der Waals surface area (Å²) in [6.45, 7) is 7.55. The fourth-order valence-electron chi connectivity index (χ4n) is 4.19. The van der Waals surface area contributed by atoms with E-state index in [2.05, 4.69) is 46.1 Å². The lowest BCUT2D eigenvalue weighted by molar-refractivity contribution is 0.140. The molecule has 0 spiro atoms. The van der Waals surface area contributed by atoms with Crippen LogP contribution in [0.4, 0.5) is 5.95 Å². The summed E-state index contributed by atoms with van der Waals surface area (Å²) in [6, 6.07) is 0. The monoisotopic (exact) mass is 627 g/mol. The highest BCUT2D eigenvalue weighted by atomic mass is 32.2. The van der Waals surface area contributed by atoms with Gasteiger partial charge in [-0.15, -0.1) is 11.5 Å². The quantitative estimate of drug-likeness (QED) is 0.0603. The second-order valence-corrected chi connectivity index (χ2v) is 19.1. The fourth-order valence-corrected chi connectivity index (χ4v) is 6.59. The molecule has 1 atom stereocenters. The number of fused-ring (bicyclic) bond motifs is 1. The van der Waals surface area contributed by atoms with E-state index in [-0.39, 0.29) is 24.7 Å². The smallest absolute Gasteiger partial charge is 0.353 e. The van der Waals surface area contributed by atoms with Gasteiger partial charge in [0.25, 0.3) is 5.56 Å². The van der Waals surface area contributed by atoms with Crippen molar-refractivity contribution in [2.45, 2.75) is 103 Å². The third-order valence-corrected chi connectivity index (χ3v) is 9.35. The van der Waals surface area contributed by atoms with Gasteiger partial charge in [-0.3, -0.25) is 14.3 Å². The molecule has 0 amide bonds. The van der Waals surface area contributed by atoms with E-state index in [9.17, 15) is 14.3 Å². The Balaban J connectivity index is 1.36. The number of nitrogens with zero attached hydrogens (tertiary/aromatic N) is 3. The van der Waals surface area contributed by atoms with Crippen LogP contribution in [0.3, 0.4) is 0 Å². The Kier molecular flexibility index (Phi) is 17.0.